The Hall–Kier alpha value is -2.80. The molecular weight excluding hydrogens is 821 g/mol. The third-order valence-electron chi connectivity index (χ3n) is 10.3. The van der Waals surface area contributed by atoms with Crippen LogP contribution in [0.15, 0.2) is 206 Å². The number of alkyl halides is 2. The van der Waals surface area contributed by atoms with E-state index >= 15 is 0 Å². The van der Waals surface area contributed by atoms with E-state index in [0.717, 1.165) is 12.8 Å². The molecule has 6 aromatic carbocycles. The van der Waals surface area contributed by atoms with Gasteiger partial charge in [0.25, 0.3) is 0 Å². The van der Waals surface area contributed by atoms with Crippen molar-refractivity contribution in [2.24, 2.45) is 0 Å². The molecule has 0 nitrogen and oxygen atoms in total. The fourth-order valence-corrected chi connectivity index (χ4v) is 21.5. The summed E-state index contributed by atoms with van der Waals surface area (Å²) < 4.78 is 0. The molecule has 50 heavy (non-hydrogen) atoms. The SMILES string of the molecule is ClC1(C=CP(Br)(c2ccccc2)(c2ccccc2)c2ccccc2)CCC1(Cl)C=CP(Br)(c1ccccc1)(c1ccccc1)c1ccccc1. The Morgan fingerprint density at radius 1 is 0.360 bits per heavy atom. The van der Waals surface area contributed by atoms with Gasteiger partial charge in [-0.1, -0.05) is 0 Å². The van der Waals surface area contributed by atoms with Gasteiger partial charge in [-0.25, -0.2) is 0 Å². The van der Waals surface area contributed by atoms with Gasteiger partial charge in [0.05, 0.1) is 0 Å². The summed E-state index contributed by atoms with van der Waals surface area (Å²) in [6, 6.07) is 64.4. The number of rotatable bonds is 10. The molecular formula is C44H38Br2Cl2P2. The molecule has 2 atom stereocenters. The second-order valence-electron chi connectivity index (χ2n) is 13.0. The van der Waals surface area contributed by atoms with E-state index in [1.54, 1.807) is 0 Å². The Labute approximate surface area is 322 Å². The predicted octanol–water partition coefficient (Wildman–Crippen LogP) is 11.4. The van der Waals surface area contributed by atoms with Crippen LogP contribution in [0, 0.1) is 0 Å². The van der Waals surface area contributed by atoms with Gasteiger partial charge in [0.15, 0.2) is 0 Å². The summed E-state index contributed by atoms with van der Waals surface area (Å²) in [6.07, 6.45) is 5.89. The molecule has 0 aliphatic heterocycles. The topological polar surface area (TPSA) is 0 Å². The molecule has 0 bridgehead atoms. The average Bonchev–Trinajstić information content (AvgIpc) is 3.20. The fraction of sp³-hybridized carbons (Fsp3) is 0.0909. The maximum absolute atomic E-state index is 7.79. The molecule has 1 fully saturated rings. The van der Waals surface area contributed by atoms with Gasteiger partial charge in [-0.15, -0.1) is 0 Å². The number of halogens is 4. The van der Waals surface area contributed by atoms with Crippen LogP contribution >= 0.6 is 64.8 Å². The van der Waals surface area contributed by atoms with Crippen molar-refractivity contribution in [3.8, 4) is 0 Å². The van der Waals surface area contributed by atoms with Crippen LogP contribution in [0.5, 0.6) is 0 Å². The van der Waals surface area contributed by atoms with E-state index in [4.69, 9.17) is 23.2 Å². The second kappa shape index (κ2) is 13.6. The molecule has 0 saturated heterocycles. The summed E-state index contributed by atoms with van der Waals surface area (Å²) in [5.74, 6) is 4.73. The molecule has 0 amide bonds. The van der Waals surface area contributed by atoms with Gasteiger partial charge in [0.2, 0.25) is 0 Å². The number of hydrogen-bond donors (Lipinski definition) is 0. The minimum atomic E-state index is -3.37. The maximum atomic E-state index is 7.79. The van der Waals surface area contributed by atoms with E-state index in [0.29, 0.717) is 0 Å². The number of benzene rings is 6. The number of hydrogen-bond acceptors (Lipinski definition) is 0. The van der Waals surface area contributed by atoms with Crippen molar-refractivity contribution in [2.45, 2.75) is 22.6 Å². The first-order chi connectivity index (χ1) is 24.1. The second-order valence-corrected chi connectivity index (χ2v) is 31.2. The quantitative estimate of drug-likeness (QED) is 0.0951. The van der Waals surface area contributed by atoms with Gasteiger partial charge < -0.3 is 0 Å². The van der Waals surface area contributed by atoms with Crippen molar-refractivity contribution < 1.29 is 0 Å². The molecule has 1 saturated carbocycles. The van der Waals surface area contributed by atoms with E-state index < -0.39 is 20.4 Å². The average molecular weight is 859 g/mol. The predicted molar refractivity (Wildman–Crippen MR) is 233 cm³/mol. The summed E-state index contributed by atoms with van der Waals surface area (Å²) in [6.45, 7) is 0. The van der Waals surface area contributed by atoms with Crippen LogP contribution in [0.3, 0.4) is 0 Å². The van der Waals surface area contributed by atoms with Gasteiger partial charge >= 0.3 is 325 Å². The van der Waals surface area contributed by atoms with Crippen molar-refractivity contribution in [2.75, 3.05) is 0 Å². The molecule has 2 unspecified atom stereocenters. The van der Waals surface area contributed by atoms with Gasteiger partial charge in [0, 0.05) is 0 Å². The van der Waals surface area contributed by atoms with E-state index in [1.165, 1.54) is 31.8 Å². The minimum absolute atomic E-state index is 0.747. The molecule has 7 rings (SSSR count). The van der Waals surface area contributed by atoms with Crippen LogP contribution in [0.25, 0.3) is 0 Å². The Morgan fingerprint density at radius 2 is 0.540 bits per heavy atom. The van der Waals surface area contributed by atoms with Crippen LogP contribution in [-0.2, 0) is 0 Å². The summed E-state index contributed by atoms with van der Waals surface area (Å²) in [5.41, 5.74) is 0. The molecule has 0 radical (unpaired) electrons. The van der Waals surface area contributed by atoms with E-state index in [9.17, 15) is 0 Å². The Bertz CT molecular complexity index is 1770. The van der Waals surface area contributed by atoms with Crippen LogP contribution in [0.2, 0.25) is 0 Å². The summed E-state index contributed by atoms with van der Waals surface area (Å²) in [5, 5.41) is 0.447. The van der Waals surface area contributed by atoms with Crippen LogP contribution in [0.1, 0.15) is 12.8 Å². The van der Waals surface area contributed by atoms with Crippen LogP contribution in [-0.4, -0.2) is 9.75 Å². The van der Waals surface area contributed by atoms with Crippen molar-refractivity contribution in [1.29, 1.82) is 0 Å². The van der Waals surface area contributed by atoms with Crippen LogP contribution in [0.4, 0.5) is 0 Å². The summed E-state index contributed by atoms with van der Waals surface area (Å²) >= 11 is 24.7. The zero-order valence-corrected chi connectivity index (χ0v) is 33.9. The molecule has 1 aliphatic carbocycles. The molecule has 0 N–H and O–H groups in total. The summed E-state index contributed by atoms with van der Waals surface area (Å²) in [7, 11) is 0. The third kappa shape index (κ3) is 5.63. The molecule has 1 aliphatic rings. The molecule has 0 heterocycles. The first kappa shape index (κ1) is 35.6. The van der Waals surface area contributed by atoms with E-state index in [-0.39, 0.29) is 0 Å². The van der Waals surface area contributed by atoms with Gasteiger partial charge in [-0.2, -0.15) is 0 Å². The van der Waals surface area contributed by atoms with E-state index in [1.807, 2.05) is 0 Å². The monoisotopic (exact) mass is 856 g/mol. The normalized spacial score (nSPS) is 21.1. The molecule has 252 valence electrons. The number of allylic oxidation sites excluding steroid dienone is 2. The summed E-state index contributed by atoms with van der Waals surface area (Å²) in [4.78, 5) is -1.68. The van der Waals surface area contributed by atoms with Crippen LogP contribution < -0.4 is 31.8 Å². The Morgan fingerprint density at radius 3 is 0.700 bits per heavy atom. The Kier molecular flexibility index (Phi) is 9.71. The zero-order valence-electron chi connectivity index (χ0n) is 27.5. The first-order valence-electron chi connectivity index (χ1n) is 16.7. The van der Waals surface area contributed by atoms with Crippen molar-refractivity contribution >= 4 is 96.6 Å². The molecule has 6 heteroatoms. The Balaban J connectivity index is 1.42. The standard InChI is InChI=1S/C44H38Br2Cl2P2/c45-49(37-19-7-1-8-20-37,38-21-9-2-10-22-38,39-23-11-3-12-24-39)35-33-43(47)31-32-44(43,48)34-36-50(46,40-25-13-4-14-26-40,41-27-15-5-16-28-41)42-29-17-6-18-30-42/h1-30,33-36H,31-32H2. The van der Waals surface area contributed by atoms with Crippen molar-refractivity contribution in [3.63, 3.8) is 0 Å². The first-order valence-corrected chi connectivity index (χ1v) is 26.1. The van der Waals surface area contributed by atoms with E-state index in [2.05, 4.69) is 237 Å². The molecule has 0 spiro atoms. The van der Waals surface area contributed by atoms with Gasteiger partial charge in [-0.3, -0.25) is 0 Å². The molecule has 6 aromatic rings. The van der Waals surface area contributed by atoms with Crippen molar-refractivity contribution in [3.05, 3.63) is 206 Å². The third-order valence-corrected chi connectivity index (χ3v) is 29.8. The van der Waals surface area contributed by atoms with Crippen molar-refractivity contribution in [1.82, 2.24) is 0 Å². The van der Waals surface area contributed by atoms with Gasteiger partial charge in [-0.05, 0) is 0 Å². The fourth-order valence-electron chi connectivity index (χ4n) is 7.29. The zero-order chi connectivity index (χ0) is 34.8. The molecule has 0 aromatic heterocycles. The van der Waals surface area contributed by atoms with Gasteiger partial charge in [0.1, 0.15) is 0 Å².